The van der Waals surface area contributed by atoms with E-state index in [-0.39, 0.29) is 11.6 Å². The third-order valence-electron chi connectivity index (χ3n) is 0.992. The molecular formula is C6H7N3O. The monoisotopic (exact) mass is 137 g/mol. The van der Waals surface area contributed by atoms with Crippen LogP contribution in [0.2, 0.25) is 0 Å². The second kappa shape index (κ2) is 2.43. The average Bonchev–Trinajstić information content (AvgIpc) is 1.88. The minimum absolute atomic E-state index is 0.167. The van der Waals surface area contributed by atoms with Gasteiger partial charge >= 0.3 is 0 Å². The summed E-state index contributed by atoms with van der Waals surface area (Å²) in [7, 11) is 0. The van der Waals surface area contributed by atoms with Gasteiger partial charge in [0.25, 0.3) is 0 Å². The summed E-state index contributed by atoms with van der Waals surface area (Å²) >= 11 is 0. The van der Waals surface area contributed by atoms with Crippen molar-refractivity contribution in [3.8, 4) is 0 Å². The lowest BCUT2D eigenvalue weighted by atomic mass is 10.4. The largest absolute Gasteiger partial charge is 0.384 e. The lowest BCUT2D eigenvalue weighted by molar-refractivity contribution is 0.100. The summed E-state index contributed by atoms with van der Waals surface area (Å²) < 4.78 is 0. The van der Waals surface area contributed by atoms with Crippen LogP contribution in [0, 0.1) is 0 Å². The SMILES string of the molecule is CC(=O)c1nccc(N)n1. The highest BCUT2D eigenvalue weighted by atomic mass is 16.1. The highest BCUT2D eigenvalue weighted by Gasteiger charge is 2.00. The maximum absolute atomic E-state index is 10.6. The van der Waals surface area contributed by atoms with E-state index in [2.05, 4.69) is 9.97 Å². The van der Waals surface area contributed by atoms with Gasteiger partial charge in [0.2, 0.25) is 0 Å². The molecule has 1 aromatic heterocycles. The number of aromatic nitrogens is 2. The van der Waals surface area contributed by atoms with Gasteiger partial charge in [-0.3, -0.25) is 4.79 Å². The van der Waals surface area contributed by atoms with Crippen LogP contribution in [0.5, 0.6) is 0 Å². The number of rotatable bonds is 1. The summed E-state index contributed by atoms with van der Waals surface area (Å²) in [6.07, 6.45) is 1.46. The number of hydrogen-bond acceptors (Lipinski definition) is 4. The molecule has 1 aromatic rings. The summed E-state index contributed by atoms with van der Waals surface area (Å²) in [5.74, 6) is 0.313. The van der Waals surface area contributed by atoms with Gasteiger partial charge in [0, 0.05) is 13.1 Å². The molecular weight excluding hydrogens is 130 g/mol. The van der Waals surface area contributed by atoms with E-state index in [1.54, 1.807) is 0 Å². The van der Waals surface area contributed by atoms with Crippen LogP contribution < -0.4 is 5.73 Å². The zero-order valence-electron chi connectivity index (χ0n) is 5.53. The van der Waals surface area contributed by atoms with E-state index < -0.39 is 0 Å². The van der Waals surface area contributed by atoms with Gasteiger partial charge in [-0.25, -0.2) is 9.97 Å². The number of nitrogens with zero attached hydrogens (tertiary/aromatic N) is 2. The maximum atomic E-state index is 10.6. The quantitative estimate of drug-likeness (QED) is 0.564. The van der Waals surface area contributed by atoms with Crippen LogP contribution in [0.3, 0.4) is 0 Å². The van der Waals surface area contributed by atoms with Crippen molar-refractivity contribution >= 4 is 11.6 Å². The van der Waals surface area contributed by atoms with E-state index in [9.17, 15) is 4.79 Å². The summed E-state index contributed by atoms with van der Waals surface area (Å²) in [5.41, 5.74) is 5.29. The van der Waals surface area contributed by atoms with Crippen molar-refractivity contribution < 1.29 is 4.79 Å². The number of ketones is 1. The topological polar surface area (TPSA) is 68.9 Å². The van der Waals surface area contributed by atoms with Gasteiger partial charge in [0.15, 0.2) is 11.6 Å². The van der Waals surface area contributed by atoms with E-state index in [0.29, 0.717) is 5.82 Å². The lowest BCUT2D eigenvalue weighted by Gasteiger charge is -1.92. The number of nitrogens with two attached hydrogens (primary N) is 1. The first-order valence-corrected chi connectivity index (χ1v) is 2.79. The van der Waals surface area contributed by atoms with Gasteiger partial charge in [0.05, 0.1) is 0 Å². The van der Waals surface area contributed by atoms with Gasteiger partial charge in [-0.05, 0) is 6.07 Å². The highest BCUT2D eigenvalue weighted by Crippen LogP contribution is 1.95. The summed E-state index contributed by atoms with van der Waals surface area (Å²) in [6, 6.07) is 1.53. The predicted octanol–water partition coefficient (Wildman–Crippen LogP) is 0.261. The van der Waals surface area contributed by atoms with E-state index in [4.69, 9.17) is 5.73 Å². The third-order valence-corrected chi connectivity index (χ3v) is 0.992. The standard InChI is InChI=1S/C6H7N3O/c1-4(10)6-8-3-2-5(7)9-6/h2-3H,1H3,(H2,7,8,9). The number of carbonyl (C=O) groups excluding carboxylic acids is 1. The molecule has 0 saturated carbocycles. The Hall–Kier alpha value is -1.45. The van der Waals surface area contributed by atoms with Gasteiger partial charge in [0.1, 0.15) is 5.82 Å². The van der Waals surface area contributed by atoms with E-state index in [1.165, 1.54) is 19.2 Å². The zero-order chi connectivity index (χ0) is 7.56. The van der Waals surface area contributed by atoms with Crippen LogP contribution in [0.15, 0.2) is 12.3 Å². The Morgan fingerprint density at radius 3 is 2.80 bits per heavy atom. The Morgan fingerprint density at radius 2 is 2.40 bits per heavy atom. The van der Waals surface area contributed by atoms with Crippen molar-refractivity contribution in [2.45, 2.75) is 6.92 Å². The highest BCUT2D eigenvalue weighted by molar-refractivity contribution is 5.90. The van der Waals surface area contributed by atoms with Gasteiger partial charge < -0.3 is 5.73 Å². The van der Waals surface area contributed by atoms with Gasteiger partial charge in [-0.15, -0.1) is 0 Å². The number of carbonyl (C=O) groups is 1. The molecule has 0 spiro atoms. The fraction of sp³-hybridized carbons (Fsp3) is 0.167. The van der Waals surface area contributed by atoms with Crippen LogP contribution in [-0.2, 0) is 0 Å². The maximum Gasteiger partial charge on any atom is 0.197 e. The molecule has 0 aliphatic heterocycles. The Kier molecular flexibility index (Phi) is 1.62. The van der Waals surface area contributed by atoms with Crippen molar-refractivity contribution in [2.75, 3.05) is 5.73 Å². The first-order valence-electron chi connectivity index (χ1n) is 2.79. The number of anilines is 1. The molecule has 4 heteroatoms. The number of Topliss-reactive ketones (excluding diaryl/α,β-unsaturated/α-hetero) is 1. The molecule has 0 aliphatic carbocycles. The summed E-state index contributed by atoms with van der Waals surface area (Å²) in [5, 5.41) is 0. The van der Waals surface area contributed by atoms with Crippen molar-refractivity contribution in [3.05, 3.63) is 18.1 Å². The Balaban J connectivity index is 3.07. The number of nitrogen functional groups attached to an aromatic ring is 1. The van der Waals surface area contributed by atoms with Crippen molar-refractivity contribution in [3.63, 3.8) is 0 Å². The fourth-order valence-corrected chi connectivity index (χ4v) is 0.542. The third kappa shape index (κ3) is 1.28. The molecule has 2 N–H and O–H groups in total. The molecule has 10 heavy (non-hydrogen) atoms. The van der Waals surface area contributed by atoms with E-state index in [1.807, 2.05) is 0 Å². The molecule has 0 bridgehead atoms. The normalized spacial score (nSPS) is 9.30. The summed E-state index contributed by atoms with van der Waals surface area (Å²) in [6.45, 7) is 1.40. The Bertz CT molecular complexity index is 259. The first-order chi connectivity index (χ1) is 4.70. The van der Waals surface area contributed by atoms with Crippen molar-refractivity contribution in [1.82, 2.24) is 9.97 Å². The molecule has 0 radical (unpaired) electrons. The minimum atomic E-state index is -0.174. The molecule has 1 rings (SSSR count). The second-order valence-corrected chi connectivity index (χ2v) is 1.86. The Labute approximate surface area is 58.1 Å². The molecule has 0 amide bonds. The van der Waals surface area contributed by atoms with E-state index >= 15 is 0 Å². The lowest BCUT2D eigenvalue weighted by Crippen LogP contribution is -2.02. The van der Waals surface area contributed by atoms with Crippen LogP contribution in [0.1, 0.15) is 17.5 Å². The molecule has 52 valence electrons. The molecule has 1 heterocycles. The predicted molar refractivity (Wildman–Crippen MR) is 36.4 cm³/mol. The molecule has 4 nitrogen and oxygen atoms in total. The van der Waals surface area contributed by atoms with Crippen LogP contribution >= 0.6 is 0 Å². The minimum Gasteiger partial charge on any atom is -0.384 e. The Morgan fingerprint density at radius 1 is 1.70 bits per heavy atom. The second-order valence-electron chi connectivity index (χ2n) is 1.86. The van der Waals surface area contributed by atoms with Crippen LogP contribution in [-0.4, -0.2) is 15.8 Å². The van der Waals surface area contributed by atoms with Gasteiger partial charge in [-0.2, -0.15) is 0 Å². The fourth-order valence-electron chi connectivity index (χ4n) is 0.542. The van der Waals surface area contributed by atoms with Crippen LogP contribution in [0.4, 0.5) is 5.82 Å². The zero-order valence-corrected chi connectivity index (χ0v) is 5.53. The molecule has 0 saturated heterocycles. The average molecular weight is 137 g/mol. The molecule has 0 fully saturated rings. The molecule has 0 atom stereocenters. The van der Waals surface area contributed by atoms with Gasteiger partial charge in [-0.1, -0.05) is 0 Å². The molecule has 0 aliphatic rings. The van der Waals surface area contributed by atoms with Crippen molar-refractivity contribution in [2.24, 2.45) is 0 Å². The van der Waals surface area contributed by atoms with Crippen molar-refractivity contribution in [1.29, 1.82) is 0 Å². The van der Waals surface area contributed by atoms with E-state index in [0.717, 1.165) is 0 Å². The number of hydrogen-bond donors (Lipinski definition) is 1. The smallest absolute Gasteiger partial charge is 0.197 e. The summed E-state index contributed by atoms with van der Waals surface area (Å²) in [4.78, 5) is 18.0. The molecule has 0 unspecified atom stereocenters. The van der Waals surface area contributed by atoms with Crippen LogP contribution in [0.25, 0.3) is 0 Å². The molecule has 0 aromatic carbocycles. The first kappa shape index (κ1) is 6.67.